The van der Waals surface area contributed by atoms with Crippen molar-refractivity contribution in [2.24, 2.45) is 0 Å². The zero-order valence-electron chi connectivity index (χ0n) is 15.6. The van der Waals surface area contributed by atoms with Crippen molar-refractivity contribution in [3.05, 3.63) is 24.0 Å². The second-order valence-corrected chi connectivity index (χ2v) is 5.77. The van der Waals surface area contributed by atoms with Gasteiger partial charge in [-0.15, -0.1) is 0 Å². The number of ether oxygens (including phenoxy) is 1. The smallest absolute Gasteiger partial charge is 0.414 e. The summed E-state index contributed by atoms with van der Waals surface area (Å²) in [7, 11) is 5.38. The number of carbonyl (C=O) groups excluding carboxylic acids is 1. The molecule has 0 saturated carbocycles. The van der Waals surface area contributed by atoms with Gasteiger partial charge in [-0.3, -0.25) is 4.98 Å². The standard InChI is InChI=1S/C15H25N3O2.C2H2O4/c1-5-6-7-11-18(4)12-13-14(9-8-10-16-13)20-15(19)17(2)3;3-1(4)2(5)6/h8-10H,5-7,11-12H2,1-4H3;(H,3,4)(H,5,6). The zero-order chi connectivity index (χ0) is 20.1. The number of carbonyl (C=O) groups is 3. The Kier molecular flexibility index (Phi) is 11.3. The van der Waals surface area contributed by atoms with Crippen LogP contribution in [-0.2, 0) is 16.1 Å². The highest BCUT2D eigenvalue weighted by atomic mass is 16.6. The number of unbranched alkanes of at least 4 members (excludes halogenated alkanes) is 2. The molecule has 0 aliphatic heterocycles. The number of aromatic nitrogens is 1. The third-order valence-corrected chi connectivity index (χ3v) is 3.16. The Morgan fingerprint density at radius 3 is 2.23 bits per heavy atom. The second kappa shape index (κ2) is 12.6. The summed E-state index contributed by atoms with van der Waals surface area (Å²) in [6.07, 6.45) is 4.96. The fraction of sp³-hybridized carbons (Fsp3) is 0.529. The van der Waals surface area contributed by atoms with Gasteiger partial charge < -0.3 is 24.7 Å². The summed E-state index contributed by atoms with van der Waals surface area (Å²) in [6.45, 7) is 3.89. The quantitative estimate of drug-likeness (QED) is 0.552. The summed E-state index contributed by atoms with van der Waals surface area (Å²) in [4.78, 5) is 37.7. The second-order valence-electron chi connectivity index (χ2n) is 5.77. The molecular formula is C17H27N3O6. The van der Waals surface area contributed by atoms with Crippen LogP contribution in [0.25, 0.3) is 0 Å². The van der Waals surface area contributed by atoms with E-state index in [4.69, 9.17) is 24.5 Å². The molecule has 1 rings (SSSR count). The Bertz CT molecular complexity index is 580. The average molecular weight is 369 g/mol. The molecule has 0 aromatic carbocycles. The first-order valence-electron chi connectivity index (χ1n) is 8.16. The summed E-state index contributed by atoms with van der Waals surface area (Å²) in [6, 6.07) is 3.56. The van der Waals surface area contributed by atoms with Crippen LogP contribution in [0.5, 0.6) is 5.75 Å². The molecule has 146 valence electrons. The lowest BCUT2D eigenvalue weighted by atomic mass is 10.2. The van der Waals surface area contributed by atoms with Gasteiger partial charge in [0, 0.05) is 26.8 Å². The van der Waals surface area contributed by atoms with Gasteiger partial charge >= 0.3 is 18.0 Å². The van der Waals surface area contributed by atoms with Gasteiger partial charge in [-0.25, -0.2) is 14.4 Å². The van der Waals surface area contributed by atoms with Crippen LogP contribution >= 0.6 is 0 Å². The maximum absolute atomic E-state index is 11.6. The normalized spacial score (nSPS) is 9.88. The lowest BCUT2D eigenvalue weighted by molar-refractivity contribution is -0.159. The lowest BCUT2D eigenvalue weighted by Gasteiger charge is -2.18. The molecule has 0 radical (unpaired) electrons. The Morgan fingerprint density at radius 1 is 1.12 bits per heavy atom. The molecule has 1 amide bonds. The van der Waals surface area contributed by atoms with E-state index >= 15 is 0 Å². The Labute approximate surface area is 153 Å². The van der Waals surface area contributed by atoms with Gasteiger partial charge in [-0.2, -0.15) is 0 Å². The molecule has 0 bridgehead atoms. The Balaban J connectivity index is 0.000000896. The number of amides is 1. The summed E-state index contributed by atoms with van der Waals surface area (Å²) >= 11 is 0. The van der Waals surface area contributed by atoms with E-state index in [1.807, 2.05) is 0 Å². The topological polar surface area (TPSA) is 120 Å². The van der Waals surface area contributed by atoms with E-state index in [1.54, 1.807) is 32.4 Å². The molecule has 0 fully saturated rings. The van der Waals surface area contributed by atoms with Gasteiger partial charge in [0.1, 0.15) is 0 Å². The van der Waals surface area contributed by atoms with Crippen LogP contribution in [0.1, 0.15) is 31.9 Å². The first kappa shape index (κ1) is 23.3. The number of hydrogen-bond donors (Lipinski definition) is 2. The van der Waals surface area contributed by atoms with E-state index in [-0.39, 0.29) is 6.09 Å². The van der Waals surface area contributed by atoms with Crippen molar-refractivity contribution in [2.45, 2.75) is 32.7 Å². The van der Waals surface area contributed by atoms with Crippen LogP contribution in [0.4, 0.5) is 4.79 Å². The van der Waals surface area contributed by atoms with Crippen molar-refractivity contribution in [1.29, 1.82) is 0 Å². The van der Waals surface area contributed by atoms with Gasteiger partial charge in [-0.05, 0) is 32.1 Å². The molecule has 9 nitrogen and oxygen atoms in total. The maximum Gasteiger partial charge on any atom is 0.414 e. The zero-order valence-corrected chi connectivity index (χ0v) is 15.6. The largest absolute Gasteiger partial charge is 0.473 e. The Hall–Kier alpha value is -2.68. The SMILES string of the molecule is CCCCCN(C)Cc1ncccc1OC(=O)N(C)C.O=C(O)C(=O)O. The van der Waals surface area contributed by atoms with Gasteiger partial charge in [0.2, 0.25) is 0 Å². The molecule has 0 unspecified atom stereocenters. The van der Waals surface area contributed by atoms with Crippen molar-refractivity contribution >= 4 is 18.0 Å². The minimum absolute atomic E-state index is 0.382. The van der Waals surface area contributed by atoms with Crippen molar-refractivity contribution in [2.75, 3.05) is 27.7 Å². The third kappa shape index (κ3) is 10.2. The summed E-state index contributed by atoms with van der Waals surface area (Å²) < 4.78 is 5.33. The molecule has 1 heterocycles. The van der Waals surface area contributed by atoms with E-state index in [1.165, 1.54) is 24.2 Å². The maximum atomic E-state index is 11.6. The predicted molar refractivity (Wildman–Crippen MR) is 95.1 cm³/mol. The third-order valence-electron chi connectivity index (χ3n) is 3.16. The highest BCUT2D eigenvalue weighted by molar-refractivity contribution is 6.27. The number of hydrogen-bond acceptors (Lipinski definition) is 6. The van der Waals surface area contributed by atoms with Crippen LogP contribution < -0.4 is 4.74 Å². The highest BCUT2D eigenvalue weighted by Gasteiger charge is 2.12. The molecule has 1 aromatic rings. The summed E-state index contributed by atoms with van der Waals surface area (Å²) in [5.74, 6) is -3.11. The van der Waals surface area contributed by atoms with Gasteiger partial charge in [0.15, 0.2) is 5.75 Å². The van der Waals surface area contributed by atoms with Crippen LogP contribution in [0.2, 0.25) is 0 Å². The Morgan fingerprint density at radius 2 is 1.73 bits per heavy atom. The molecule has 9 heteroatoms. The minimum Gasteiger partial charge on any atom is -0.473 e. The molecular weight excluding hydrogens is 342 g/mol. The molecule has 0 aliphatic rings. The number of carboxylic acid groups (broad SMARTS) is 2. The van der Waals surface area contributed by atoms with E-state index in [0.29, 0.717) is 12.3 Å². The van der Waals surface area contributed by atoms with Crippen molar-refractivity contribution in [3.8, 4) is 5.75 Å². The summed E-state index contributed by atoms with van der Waals surface area (Å²) in [5.41, 5.74) is 0.793. The van der Waals surface area contributed by atoms with E-state index < -0.39 is 11.9 Å². The van der Waals surface area contributed by atoms with Crippen molar-refractivity contribution in [1.82, 2.24) is 14.8 Å². The number of aliphatic carboxylic acids is 2. The minimum atomic E-state index is -1.82. The van der Waals surface area contributed by atoms with Crippen molar-refractivity contribution in [3.63, 3.8) is 0 Å². The first-order valence-corrected chi connectivity index (χ1v) is 8.16. The molecule has 0 saturated heterocycles. The van der Waals surface area contributed by atoms with E-state index in [9.17, 15) is 4.79 Å². The van der Waals surface area contributed by atoms with Gasteiger partial charge in [0.25, 0.3) is 0 Å². The summed E-state index contributed by atoms with van der Waals surface area (Å²) in [5, 5.41) is 14.8. The van der Waals surface area contributed by atoms with Crippen LogP contribution in [-0.4, -0.2) is 70.7 Å². The average Bonchev–Trinajstić information content (AvgIpc) is 2.57. The molecule has 26 heavy (non-hydrogen) atoms. The predicted octanol–water partition coefficient (Wildman–Crippen LogP) is 1.92. The molecule has 0 spiro atoms. The number of nitrogens with zero attached hydrogens (tertiary/aromatic N) is 3. The first-order chi connectivity index (χ1) is 12.2. The van der Waals surface area contributed by atoms with Crippen LogP contribution in [0, 0.1) is 0 Å². The van der Waals surface area contributed by atoms with Gasteiger partial charge in [0.05, 0.1) is 5.69 Å². The van der Waals surface area contributed by atoms with Crippen molar-refractivity contribution < 1.29 is 29.3 Å². The highest BCUT2D eigenvalue weighted by Crippen LogP contribution is 2.17. The monoisotopic (exact) mass is 369 g/mol. The van der Waals surface area contributed by atoms with E-state index in [2.05, 4.69) is 23.9 Å². The molecule has 0 atom stereocenters. The number of carboxylic acids is 2. The lowest BCUT2D eigenvalue weighted by Crippen LogP contribution is -2.26. The van der Waals surface area contributed by atoms with Gasteiger partial charge in [-0.1, -0.05) is 19.8 Å². The fourth-order valence-electron chi connectivity index (χ4n) is 1.79. The van der Waals surface area contributed by atoms with Crippen LogP contribution in [0.3, 0.4) is 0 Å². The van der Waals surface area contributed by atoms with E-state index in [0.717, 1.165) is 12.2 Å². The number of pyridine rings is 1. The fourth-order valence-corrected chi connectivity index (χ4v) is 1.79. The molecule has 0 aliphatic carbocycles. The molecule has 1 aromatic heterocycles. The van der Waals surface area contributed by atoms with Crippen LogP contribution in [0.15, 0.2) is 18.3 Å². The molecule has 2 N–H and O–H groups in total. The number of rotatable bonds is 7.